The highest BCUT2D eigenvalue weighted by molar-refractivity contribution is 6.01. The maximum atomic E-state index is 13.3. The molecule has 2 saturated carbocycles. The zero-order valence-electron chi connectivity index (χ0n) is 28.3. The van der Waals surface area contributed by atoms with Crippen molar-refractivity contribution in [2.45, 2.75) is 105 Å². The average molecular weight is 628 g/mol. The van der Waals surface area contributed by atoms with Crippen molar-refractivity contribution in [3.63, 3.8) is 0 Å². The molecule has 45 heavy (non-hydrogen) atoms. The summed E-state index contributed by atoms with van der Waals surface area (Å²) < 4.78 is 12.4. The molecule has 6 atom stereocenters. The van der Waals surface area contributed by atoms with Crippen LogP contribution in [0.15, 0.2) is 18.2 Å². The van der Waals surface area contributed by atoms with Crippen LogP contribution in [0.4, 0.5) is 17.1 Å². The Bertz CT molecular complexity index is 1150. The van der Waals surface area contributed by atoms with E-state index in [1.54, 1.807) is 0 Å². The summed E-state index contributed by atoms with van der Waals surface area (Å²) in [7, 11) is 0. The third kappa shape index (κ3) is 9.44. The molecule has 9 heteroatoms. The van der Waals surface area contributed by atoms with E-state index in [0.717, 1.165) is 31.4 Å². The molecule has 1 heterocycles. The Morgan fingerprint density at radius 1 is 0.778 bits per heavy atom. The van der Waals surface area contributed by atoms with Crippen LogP contribution in [0.5, 0.6) is 0 Å². The number of carboxylic acid groups (broad SMARTS) is 1. The Morgan fingerprint density at radius 2 is 1.27 bits per heavy atom. The number of ether oxygens (including phenoxy) is 2. The number of hydrogen-bond donors (Lipinski definition) is 3. The number of anilines is 3. The molecule has 3 fully saturated rings. The lowest BCUT2D eigenvalue weighted by molar-refractivity contribution is -0.142. The summed E-state index contributed by atoms with van der Waals surface area (Å²) in [4.78, 5) is 40.0. The van der Waals surface area contributed by atoms with Crippen molar-refractivity contribution < 1.29 is 29.0 Å². The van der Waals surface area contributed by atoms with Gasteiger partial charge in [0.1, 0.15) is 13.2 Å². The van der Waals surface area contributed by atoms with Gasteiger partial charge in [-0.2, -0.15) is 0 Å². The molecular weight excluding hydrogens is 570 g/mol. The van der Waals surface area contributed by atoms with Crippen molar-refractivity contribution in [2.24, 2.45) is 41.4 Å². The number of aliphatic carboxylic acids is 1. The number of rotatable bonds is 12. The summed E-state index contributed by atoms with van der Waals surface area (Å²) in [5, 5.41) is 15.4. The van der Waals surface area contributed by atoms with Crippen LogP contribution in [0, 0.1) is 41.4 Å². The summed E-state index contributed by atoms with van der Waals surface area (Å²) in [6.45, 7) is 14.6. The van der Waals surface area contributed by atoms with Crippen molar-refractivity contribution in [3.05, 3.63) is 18.2 Å². The van der Waals surface area contributed by atoms with Crippen LogP contribution in [-0.4, -0.2) is 61.4 Å². The number of benzene rings is 1. The largest absolute Gasteiger partial charge is 0.481 e. The fraction of sp³-hybridized carbons (Fsp3) is 0.750. The zero-order valence-corrected chi connectivity index (χ0v) is 28.3. The van der Waals surface area contributed by atoms with Gasteiger partial charge in [-0.15, -0.1) is 0 Å². The first-order valence-corrected chi connectivity index (χ1v) is 17.4. The molecule has 0 bridgehead atoms. The van der Waals surface area contributed by atoms with Crippen LogP contribution in [0.25, 0.3) is 0 Å². The lowest BCUT2D eigenvalue weighted by Gasteiger charge is -2.39. The van der Waals surface area contributed by atoms with E-state index in [-0.39, 0.29) is 43.2 Å². The van der Waals surface area contributed by atoms with Gasteiger partial charge < -0.3 is 30.1 Å². The van der Waals surface area contributed by atoms with Gasteiger partial charge in [0, 0.05) is 18.8 Å². The molecule has 4 rings (SSSR count). The maximum Gasteiger partial charge on any atom is 0.306 e. The molecule has 1 aliphatic heterocycles. The molecule has 252 valence electrons. The molecule has 0 radical (unpaired) electrons. The number of hydrogen-bond acceptors (Lipinski definition) is 6. The third-order valence-electron chi connectivity index (χ3n) is 10.6. The lowest BCUT2D eigenvalue weighted by Crippen LogP contribution is -2.38. The smallest absolute Gasteiger partial charge is 0.306 e. The summed E-state index contributed by atoms with van der Waals surface area (Å²) in [6, 6.07) is 5.59. The molecule has 1 aromatic carbocycles. The zero-order chi connectivity index (χ0) is 32.7. The topological polar surface area (TPSA) is 117 Å². The molecule has 3 aliphatic rings. The van der Waals surface area contributed by atoms with Gasteiger partial charge in [0.25, 0.3) is 0 Å². The molecule has 2 aliphatic carbocycles. The summed E-state index contributed by atoms with van der Waals surface area (Å²) >= 11 is 0. The molecule has 2 amide bonds. The van der Waals surface area contributed by atoms with E-state index in [2.05, 4.69) is 57.1 Å². The van der Waals surface area contributed by atoms with E-state index >= 15 is 0 Å². The van der Waals surface area contributed by atoms with Gasteiger partial charge in [0.2, 0.25) is 11.8 Å². The third-order valence-corrected chi connectivity index (χ3v) is 10.6. The van der Waals surface area contributed by atoms with Crippen LogP contribution >= 0.6 is 0 Å². The van der Waals surface area contributed by atoms with Crippen molar-refractivity contribution in [2.75, 3.05) is 41.8 Å². The predicted octanol–water partition coefficient (Wildman–Crippen LogP) is 6.82. The van der Waals surface area contributed by atoms with Crippen LogP contribution in [0.1, 0.15) is 92.9 Å². The summed E-state index contributed by atoms with van der Waals surface area (Å²) in [5.74, 6) is 1.32. The Labute approximate surface area is 270 Å². The summed E-state index contributed by atoms with van der Waals surface area (Å²) in [5.41, 5.74) is 1.88. The molecule has 1 saturated heterocycles. The minimum atomic E-state index is -0.752. The monoisotopic (exact) mass is 627 g/mol. The maximum absolute atomic E-state index is 13.3. The number of amides is 2. The molecule has 6 unspecified atom stereocenters. The van der Waals surface area contributed by atoms with E-state index in [1.807, 2.05) is 18.2 Å². The number of carbonyl (C=O) groups is 3. The Kier molecular flexibility index (Phi) is 12.7. The molecule has 0 spiro atoms. The van der Waals surface area contributed by atoms with Gasteiger partial charge in [-0.05, 0) is 79.4 Å². The van der Waals surface area contributed by atoms with E-state index in [9.17, 15) is 19.5 Å². The van der Waals surface area contributed by atoms with Crippen LogP contribution < -0.4 is 15.5 Å². The summed E-state index contributed by atoms with van der Waals surface area (Å²) in [6.07, 6.45) is 7.76. The van der Waals surface area contributed by atoms with Crippen LogP contribution in [-0.2, 0) is 23.9 Å². The van der Waals surface area contributed by atoms with E-state index in [1.165, 1.54) is 12.8 Å². The van der Waals surface area contributed by atoms with Gasteiger partial charge in [0.15, 0.2) is 0 Å². The van der Waals surface area contributed by atoms with Gasteiger partial charge in [-0.3, -0.25) is 14.4 Å². The molecule has 3 N–H and O–H groups in total. The molecular formula is C36H57N3O6. The number of piperidine rings is 1. The Morgan fingerprint density at radius 3 is 1.73 bits per heavy atom. The second-order valence-electron chi connectivity index (χ2n) is 14.6. The van der Waals surface area contributed by atoms with E-state index < -0.39 is 5.97 Å². The predicted molar refractivity (Wildman–Crippen MR) is 178 cm³/mol. The fourth-order valence-corrected chi connectivity index (χ4v) is 8.41. The van der Waals surface area contributed by atoms with Gasteiger partial charge in [-0.25, -0.2) is 0 Å². The first kappa shape index (κ1) is 35.2. The van der Waals surface area contributed by atoms with Crippen molar-refractivity contribution in [1.29, 1.82) is 0 Å². The number of carboxylic acids is 1. The quantitative estimate of drug-likeness (QED) is 0.233. The van der Waals surface area contributed by atoms with Crippen molar-refractivity contribution in [3.8, 4) is 0 Å². The highest BCUT2D eigenvalue weighted by Gasteiger charge is 2.35. The van der Waals surface area contributed by atoms with Gasteiger partial charge >= 0.3 is 5.97 Å². The standard InChI is InChI=1S/C36H57N3O6/c1-22(2)34-24(5)9-7-11-30(34)44-20-32(40)37-28-14-13-27(39-17-15-26(16-18-39)36(42)43)19-29(28)38-33(41)21-45-31-12-8-10-25(6)35(31)23(3)4/h13-14,19,22-26,30-31,34-35H,7-12,15-18,20-21H2,1-6H3,(H,37,40)(H,38,41)(H,42,43). The Balaban J connectivity index is 1.44. The fourth-order valence-electron chi connectivity index (χ4n) is 8.41. The minimum absolute atomic E-state index is 0.0436. The van der Waals surface area contributed by atoms with Crippen LogP contribution in [0.3, 0.4) is 0 Å². The first-order valence-electron chi connectivity index (χ1n) is 17.4. The van der Waals surface area contributed by atoms with Gasteiger partial charge in [0.05, 0.1) is 29.5 Å². The van der Waals surface area contributed by atoms with Crippen LogP contribution in [0.2, 0.25) is 0 Å². The molecule has 0 aromatic heterocycles. The SMILES string of the molecule is CC(C)C1C(C)CCCC1OCC(=O)Nc1ccc(N2CCC(C(=O)O)CC2)cc1NC(=O)COC1CCCC(C)C1C(C)C. The molecule has 1 aromatic rings. The molecule has 9 nitrogen and oxygen atoms in total. The second kappa shape index (κ2) is 16.3. The normalized spacial score (nSPS) is 27.9. The number of nitrogens with zero attached hydrogens (tertiary/aromatic N) is 1. The van der Waals surface area contributed by atoms with E-state index in [0.29, 0.717) is 72.8 Å². The Hall–Kier alpha value is -2.65. The van der Waals surface area contributed by atoms with Gasteiger partial charge in [-0.1, -0.05) is 67.2 Å². The van der Waals surface area contributed by atoms with Crippen molar-refractivity contribution in [1.82, 2.24) is 0 Å². The first-order chi connectivity index (χ1) is 21.4. The van der Waals surface area contributed by atoms with E-state index in [4.69, 9.17) is 9.47 Å². The second-order valence-corrected chi connectivity index (χ2v) is 14.6. The average Bonchev–Trinajstić information content (AvgIpc) is 2.99. The highest BCUT2D eigenvalue weighted by atomic mass is 16.5. The number of carbonyl (C=O) groups excluding carboxylic acids is 2. The minimum Gasteiger partial charge on any atom is -0.481 e. The highest BCUT2D eigenvalue weighted by Crippen LogP contribution is 2.38. The lowest BCUT2D eigenvalue weighted by atomic mass is 9.72. The van der Waals surface area contributed by atoms with Crippen molar-refractivity contribution >= 4 is 34.8 Å². The number of nitrogens with one attached hydrogen (secondary N) is 2.